The highest BCUT2D eigenvalue weighted by Gasteiger charge is 2.60. The molecular formula is C15H16N2O5S2. The van der Waals surface area contributed by atoms with Crippen molar-refractivity contribution < 1.29 is 19.2 Å². The summed E-state index contributed by atoms with van der Waals surface area (Å²) >= 11 is 3.16. The summed E-state index contributed by atoms with van der Waals surface area (Å²) in [4.78, 5) is 36.2. The third-order valence-electron chi connectivity index (χ3n) is 4.25. The number of esters is 1. The number of hydrogen-bond acceptors (Lipinski definition) is 7. The predicted octanol–water partition coefficient (Wildman–Crippen LogP) is 2.39. The molecule has 0 aliphatic carbocycles. The fraction of sp³-hybridized carbons (Fsp3) is 0.467. The molecule has 2 aliphatic heterocycles. The minimum absolute atomic E-state index is 0.0127. The molecule has 1 amide bonds. The highest BCUT2D eigenvalue weighted by Crippen LogP contribution is 2.55. The van der Waals surface area contributed by atoms with Crippen LogP contribution in [0.4, 0.5) is 5.69 Å². The van der Waals surface area contributed by atoms with Gasteiger partial charge in [-0.05, 0) is 30.9 Å². The van der Waals surface area contributed by atoms with Crippen molar-refractivity contribution in [3.05, 3.63) is 39.9 Å². The molecule has 0 saturated carbocycles. The zero-order valence-electron chi connectivity index (χ0n) is 13.1. The summed E-state index contributed by atoms with van der Waals surface area (Å²) < 4.78 is 4.95. The van der Waals surface area contributed by atoms with Crippen LogP contribution in [0, 0.1) is 10.1 Å². The molecular weight excluding hydrogens is 352 g/mol. The number of β-lactam (4-membered cyclic amide) rings is 1. The summed E-state index contributed by atoms with van der Waals surface area (Å²) in [6.07, 6.45) is 2.38. The monoisotopic (exact) mass is 368 g/mol. The Hall–Kier alpha value is -1.74. The van der Waals surface area contributed by atoms with Crippen molar-refractivity contribution in [1.29, 1.82) is 0 Å². The number of fused-ring (bicyclic) bond motifs is 1. The number of carbonyl (C=O) groups is 2. The number of thioether (sulfide) groups is 2. The zero-order valence-corrected chi connectivity index (χ0v) is 14.8. The van der Waals surface area contributed by atoms with E-state index < -0.39 is 21.0 Å². The van der Waals surface area contributed by atoms with Crippen molar-refractivity contribution in [3.8, 4) is 0 Å². The molecule has 7 nitrogen and oxygen atoms in total. The van der Waals surface area contributed by atoms with Gasteiger partial charge in [-0.3, -0.25) is 14.9 Å². The SMILES string of the molecule is CSC1(C)S[C@@H]2CC(=O)N2[C@H]1C(=O)OCc1ccc([N+](=O)[O-])cc1. The molecule has 0 N–H and O–H groups in total. The molecule has 0 radical (unpaired) electrons. The number of carbonyl (C=O) groups excluding carboxylic acids is 2. The van der Waals surface area contributed by atoms with E-state index in [2.05, 4.69) is 0 Å². The van der Waals surface area contributed by atoms with E-state index in [1.165, 1.54) is 12.1 Å². The van der Waals surface area contributed by atoms with Gasteiger partial charge in [0.1, 0.15) is 6.61 Å². The number of nitro benzene ring substituents is 1. The molecule has 0 spiro atoms. The Labute approximate surface area is 147 Å². The van der Waals surface area contributed by atoms with Crippen molar-refractivity contribution in [1.82, 2.24) is 4.90 Å². The second-order valence-corrected chi connectivity index (χ2v) is 8.87. The smallest absolute Gasteiger partial charge is 0.331 e. The molecule has 9 heteroatoms. The first kappa shape index (κ1) is 17.1. The van der Waals surface area contributed by atoms with Gasteiger partial charge in [0.05, 0.1) is 20.8 Å². The standard InChI is InChI=1S/C15H16N2O5S2/c1-15(23-2)13(16-11(18)7-12(16)24-15)14(19)22-8-9-3-5-10(6-4-9)17(20)21/h3-6,12-13H,7-8H2,1-2H3/t12-,13+,15?/m1/s1. The molecule has 1 aromatic carbocycles. The van der Waals surface area contributed by atoms with Crippen LogP contribution in [0.15, 0.2) is 24.3 Å². The molecule has 1 unspecified atom stereocenters. The van der Waals surface area contributed by atoms with E-state index >= 15 is 0 Å². The summed E-state index contributed by atoms with van der Waals surface area (Å²) in [6, 6.07) is 5.24. The van der Waals surface area contributed by atoms with Crippen LogP contribution in [0.3, 0.4) is 0 Å². The Balaban J connectivity index is 1.67. The summed E-state index contributed by atoms with van der Waals surface area (Å²) in [6.45, 7) is 1.97. The summed E-state index contributed by atoms with van der Waals surface area (Å²) in [7, 11) is 0. The van der Waals surface area contributed by atoms with Crippen molar-refractivity contribution >= 4 is 41.1 Å². The highest BCUT2D eigenvalue weighted by atomic mass is 32.2. The first-order valence-electron chi connectivity index (χ1n) is 7.30. The van der Waals surface area contributed by atoms with Crippen LogP contribution in [0.2, 0.25) is 0 Å². The Kier molecular flexibility index (Phi) is 4.48. The predicted molar refractivity (Wildman–Crippen MR) is 91.4 cm³/mol. The van der Waals surface area contributed by atoms with Gasteiger partial charge in [0, 0.05) is 12.1 Å². The fourth-order valence-corrected chi connectivity index (χ4v) is 5.44. The Morgan fingerprint density at radius 3 is 2.71 bits per heavy atom. The maximum atomic E-state index is 12.6. The molecule has 0 bridgehead atoms. The van der Waals surface area contributed by atoms with Crippen LogP contribution in [0.25, 0.3) is 0 Å². The normalized spacial score (nSPS) is 28.2. The van der Waals surface area contributed by atoms with Gasteiger partial charge in [-0.15, -0.1) is 23.5 Å². The second-order valence-electron chi connectivity index (χ2n) is 5.73. The second kappa shape index (κ2) is 6.29. The summed E-state index contributed by atoms with van der Waals surface area (Å²) in [5, 5.41) is 10.7. The van der Waals surface area contributed by atoms with Crippen molar-refractivity contribution in [2.45, 2.75) is 35.4 Å². The van der Waals surface area contributed by atoms with Gasteiger partial charge in [0.15, 0.2) is 6.04 Å². The van der Waals surface area contributed by atoms with E-state index in [0.717, 1.165) is 0 Å². The van der Waals surface area contributed by atoms with Crippen LogP contribution in [0.1, 0.15) is 18.9 Å². The lowest BCUT2D eigenvalue weighted by Crippen LogP contribution is -2.57. The lowest BCUT2D eigenvalue weighted by atomic mass is 10.1. The van der Waals surface area contributed by atoms with Gasteiger partial charge in [-0.1, -0.05) is 0 Å². The third-order valence-corrected chi connectivity index (χ3v) is 7.43. The van der Waals surface area contributed by atoms with E-state index in [1.54, 1.807) is 40.6 Å². The topological polar surface area (TPSA) is 89.8 Å². The lowest BCUT2D eigenvalue weighted by molar-refractivity contribution is -0.384. The molecule has 2 saturated heterocycles. The Bertz CT molecular complexity index is 696. The van der Waals surface area contributed by atoms with Crippen molar-refractivity contribution in [2.24, 2.45) is 0 Å². The number of rotatable bonds is 5. The number of amides is 1. The molecule has 1 aromatic rings. The quantitative estimate of drug-likeness (QED) is 0.341. The highest BCUT2D eigenvalue weighted by molar-refractivity contribution is 8.18. The van der Waals surface area contributed by atoms with E-state index in [-0.39, 0.29) is 23.6 Å². The Morgan fingerprint density at radius 1 is 1.50 bits per heavy atom. The summed E-state index contributed by atoms with van der Waals surface area (Å²) in [5.41, 5.74) is 0.651. The number of ether oxygens (including phenoxy) is 1. The lowest BCUT2D eigenvalue weighted by Gasteiger charge is -2.37. The van der Waals surface area contributed by atoms with Gasteiger partial charge < -0.3 is 9.64 Å². The van der Waals surface area contributed by atoms with E-state index in [0.29, 0.717) is 12.0 Å². The fourth-order valence-electron chi connectivity index (χ4n) is 2.83. The van der Waals surface area contributed by atoms with Crippen LogP contribution in [-0.4, -0.2) is 43.5 Å². The zero-order chi connectivity index (χ0) is 17.5. The number of non-ortho nitro benzene ring substituents is 1. The average molecular weight is 368 g/mol. The van der Waals surface area contributed by atoms with Gasteiger partial charge in [-0.25, -0.2) is 4.79 Å². The van der Waals surface area contributed by atoms with Crippen molar-refractivity contribution in [2.75, 3.05) is 6.26 Å². The van der Waals surface area contributed by atoms with Gasteiger partial charge in [0.25, 0.3) is 5.69 Å². The third kappa shape index (κ3) is 2.86. The maximum Gasteiger partial charge on any atom is 0.331 e. The molecule has 24 heavy (non-hydrogen) atoms. The number of nitrogens with zero attached hydrogens (tertiary/aromatic N) is 2. The number of nitro groups is 1. The summed E-state index contributed by atoms with van der Waals surface area (Å²) in [5.74, 6) is -0.462. The number of benzene rings is 1. The van der Waals surface area contributed by atoms with Crippen LogP contribution in [0.5, 0.6) is 0 Å². The van der Waals surface area contributed by atoms with Gasteiger partial charge in [0.2, 0.25) is 5.91 Å². The Morgan fingerprint density at radius 2 is 2.17 bits per heavy atom. The van der Waals surface area contributed by atoms with Crippen molar-refractivity contribution in [3.63, 3.8) is 0 Å². The molecule has 3 rings (SSSR count). The maximum absolute atomic E-state index is 12.6. The first-order valence-corrected chi connectivity index (χ1v) is 9.40. The molecule has 2 aliphatic rings. The molecule has 0 aromatic heterocycles. The molecule has 2 heterocycles. The minimum Gasteiger partial charge on any atom is -0.459 e. The van der Waals surface area contributed by atoms with Crippen LogP contribution < -0.4 is 0 Å². The molecule has 3 atom stereocenters. The molecule has 2 fully saturated rings. The van der Waals surface area contributed by atoms with Crippen LogP contribution >= 0.6 is 23.5 Å². The van der Waals surface area contributed by atoms with E-state index in [9.17, 15) is 19.7 Å². The largest absolute Gasteiger partial charge is 0.459 e. The van der Waals surface area contributed by atoms with Gasteiger partial charge >= 0.3 is 5.97 Å². The van der Waals surface area contributed by atoms with Gasteiger partial charge in [-0.2, -0.15) is 0 Å². The van der Waals surface area contributed by atoms with E-state index in [4.69, 9.17) is 4.74 Å². The van der Waals surface area contributed by atoms with Crippen LogP contribution in [-0.2, 0) is 20.9 Å². The first-order chi connectivity index (χ1) is 11.4. The number of hydrogen-bond donors (Lipinski definition) is 0. The molecule has 128 valence electrons. The minimum atomic E-state index is -0.609. The van der Waals surface area contributed by atoms with E-state index in [1.807, 2.05) is 13.2 Å². The average Bonchev–Trinajstić information content (AvgIpc) is 2.81.